The van der Waals surface area contributed by atoms with Crippen LogP contribution in [0, 0.1) is 19.8 Å². The number of carboxylic acids is 1. The summed E-state index contributed by atoms with van der Waals surface area (Å²) in [6, 6.07) is 13.3. The Hall–Kier alpha value is -2.89. The van der Waals surface area contributed by atoms with Crippen LogP contribution in [0.3, 0.4) is 0 Å². The maximum atomic E-state index is 13.7. The first kappa shape index (κ1) is 26.2. The number of nitrogens with zero attached hydrogens (tertiary/aromatic N) is 1. The second-order valence-corrected chi connectivity index (χ2v) is 10.3. The number of benzene rings is 2. The molecule has 0 bridgehead atoms. The number of aryl methyl sites for hydroxylation is 2. The number of rotatable bonds is 8. The summed E-state index contributed by atoms with van der Waals surface area (Å²) in [6.07, 6.45) is 6.43. The number of carbonyl (C=O) groups excluding carboxylic acids is 1. The Morgan fingerprint density at radius 2 is 1.83 bits per heavy atom. The van der Waals surface area contributed by atoms with Crippen molar-refractivity contribution in [1.82, 2.24) is 4.98 Å². The van der Waals surface area contributed by atoms with Gasteiger partial charge in [-0.15, -0.1) is 0 Å². The van der Waals surface area contributed by atoms with E-state index in [-0.39, 0.29) is 24.2 Å². The molecule has 2 aromatic carbocycles. The van der Waals surface area contributed by atoms with Crippen molar-refractivity contribution in [2.75, 3.05) is 5.32 Å². The molecule has 0 aliphatic heterocycles. The van der Waals surface area contributed by atoms with E-state index in [0.717, 1.165) is 59.2 Å². The third kappa shape index (κ3) is 5.91. The average molecular weight is 525 g/mol. The number of pyridine rings is 1. The van der Waals surface area contributed by atoms with Crippen molar-refractivity contribution in [3.05, 3.63) is 81.1 Å². The minimum atomic E-state index is -0.839. The van der Waals surface area contributed by atoms with E-state index in [2.05, 4.69) is 10.3 Å². The van der Waals surface area contributed by atoms with Crippen molar-refractivity contribution in [2.45, 2.75) is 58.3 Å². The molecule has 4 rings (SSSR count). The summed E-state index contributed by atoms with van der Waals surface area (Å²) < 4.78 is 0. The molecule has 1 aliphatic rings. The van der Waals surface area contributed by atoms with Crippen molar-refractivity contribution in [1.29, 1.82) is 0 Å². The van der Waals surface area contributed by atoms with Crippen molar-refractivity contribution < 1.29 is 14.7 Å². The van der Waals surface area contributed by atoms with Crippen LogP contribution >= 0.6 is 23.2 Å². The summed E-state index contributed by atoms with van der Waals surface area (Å²) in [4.78, 5) is 29.1. The van der Waals surface area contributed by atoms with Crippen LogP contribution in [0.2, 0.25) is 10.0 Å². The lowest BCUT2D eigenvalue weighted by Crippen LogP contribution is -2.27. The fourth-order valence-corrected chi connectivity index (χ4v) is 5.55. The Bertz CT molecular complexity index is 1290. The molecule has 188 valence electrons. The van der Waals surface area contributed by atoms with Crippen LogP contribution in [-0.4, -0.2) is 22.0 Å². The predicted molar refractivity (Wildman–Crippen MR) is 145 cm³/mol. The van der Waals surface area contributed by atoms with E-state index in [0.29, 0.717) is 22.2 Å². The van der Waals surface area contributed by atoms with Gasteiger partial charge in [-0.3, -0.25) is 14.6 Å². The molecule has 1 saturated carbocycles. The number of anilines is 1. The summed E-state index contributed by atoms with van der Waals surface area (Å²) in [5.41, 5.74) is 5.83. The average Bonchev–Trinajstić information content (AvgIpc) is 3.36. The van der Waals surface area contributed by atoms with Gasteiger partial charge in [0.15, 0.2) is 0 Å². The third-order valence-electron chi connectivity index (χ3n) is 7.15. The van der Waals surface area contributed by atoms with Crippen LogP contribution in [0.5, 0.6) is 0 Å². The van der Waals surface area contributed by atoms with Gasteiger partial charge in [-0.1, -0.05) is 60.3 Å². The number of amides is 1. The zero-order valence-corrected chi connectivity index (χ0v) is 22.0. The molecule has 0 saturated heterocycles. The van der Waals surface area contributed by atoms with E-state index >= 15 is 0 Å². The molecule has 1 aromatic heterocycles. The summed E-state index contributed by atoms with van der Waals surface area (Å²) in [5, 5.41) is 13.3. The van der Waals surface area contributed by atoms with Gasteiger partial charge >= 0.3 is 5.97 Å². The zero-order valence-electron chi connectivity index (χ0n) is 20.5. The number of aliphatic carboxylic acids is 1. The highest BCUT2D eigenvalue weighted by molar-refractivity contribution is 6.34. The molecule has 3 aromatic rings. The van der Waals surface area contributed by atoms with Gasteiger partial charge in [-0.05, 0) is 73.9 Å². The highest BCUT2D eigenvalue weighted by Gasteiger charge is 2.33. The molecule has 1 atom stereocenters. The van der Waals surface area contributed by atoms with Gasteiger partial charge in [0.05, 0.1) is 16.6 Å². The normalized spacial score (nSPS) is 14.6. The molecular formula is C29H30Cl2N2O3. The molecular weight excluding hydrogens is 495 g/mol. The minimum Gasteiger partial charge on any atom is -0.481 e. The van der Waals surface area contributed by atoms with Crippen LogP contribution in [0.15, 0.2) is 48.7 Å². The van der Waals surface area contributed by atoms with Crippen LogP contribution < -0.4 is 5.32 Å². The largest absolute Gasteiger partial charge is 0.481 e. The lowest BCUT2D eigenvalue weighted by atomic mass is 9.83. The van der Waals surface area contributed by atoms with Crippen molar-refractivity contribution >= 4 is 40.8 Å². The Morgan fingerprint density at radius 1 is 1.08 bits per heavy atom. The Balaban J connectivity index is 1.62. The number of aromatic nitrogens is 1. The van der Waals surface area contributed by atoms with Gasteiger partial charge in [0.25, 0.3) is 0 Å². The number of halogens is 2. The van der Waals surface area contributed by atoms with Gasteiger partial charge in [0, 0.05) is 34.5 Å². The molecule has 1 heterocycles. The molecule has 5 nitrogen and oxygen atoms in total. The van der Waals surface area contributed by atoms with Crippen molar-refractivity contribution in [3.8, 4) is 11.1 Å². The van der Waals surface area contributed by atoms with Crippen molar-refractivity contribution in [3.63, 3.8) is 0 Å². The third-order valence-corrected chi connectivity index (χ3v) is 7.85. The molecule has 0 spiro atoms. The van der Waals surface area contributed by atoms with Crippen LogP contribution in [0.25, 0.3) is 11.1 Å². The molecule has 1 amide bonds. The van der Waals surface area contributed by atoms with Gasteiger partial charge in [0.2, 0.25) is 5.91 Å². The first-order valence-electron chi connectivity index (χ1n) is 12.3. The number of hydrogen-bond acceptors (Lipinski definition) is 3. The van der Waals surface area contributed by atoms with Crippen molar-refractivity contribution in [2.24, 2.45) is 5.92 Å². The number of carboxylic acid groups (broad SMARTS) is 1. The molecule has 1 fully saturated rings. The van der Waals surface area contributed by atoms with Gasteiger partial charge in [-0.2, -0.15) is 0 Å². The van der Waals surface area contributed by atoms with Crippen LogP contribution in [0.4, 0.5) is 5.69 Å². The smallest absolute Gasteiger partial charge is 0.303 e. The fraction of sp³-hybridized carbons (Fsp3) is 0.345. The molecule has 7 heteroatoms. The molecule has 0 radical (unpaired) electrons. The molecule has 36 heavy (non-hydrogen) atoms. The Labute approximate surface area is 221 Å². The minimum absolute atomic E-state index is 0.0511. The first-order chi connectivity index (χ1) is 17.2. The highest BCUT2D eigenvalue weighted by atomic mass is 35.5. The highest BCUT2D eigenvalue weighted by Crippen LogP contribution is 2.41. The lowest BCUT2D eigenvalue weighted by Gasteiger charge is -2.25. The summed E-state index contributed by atoms with van der Waals surface area (Å²) in [5.74, 6) is -1.00. The van der Waals surface area contributed by atoms with E-state index in [9.17, 15) is 9.59 Å². The Morgan fingerprint density at radius 3 is 2.50 bits per heavy atom. The Kier molecular flexibility index (Phi) is 8.32. The molecule has 0 unspecified atom stereocenters. The predicted octanol–water partition coefficient (Wildman–Crippen LogP) is 7.60. The first-order valence-corrected chi connectivity index (χ1v) is 13.0. The fourth-order valence-electron chi connectivity index (χ4n) is 5.08. The van der Waals surface area contributed by atoms with E-state index in [1.54, 1.807) is 6.20 Å². The van der Waals surface area contributed by atoms with E-state index in [4.69, 9.17) is 28.3 Å². The van der Waals surface area contributed by atoms with Gasteiger partial charge in [-0.25, -0.2) is 0 Å². The van der Waals surface area contributed by atoms with Gasteiger partial charge < -0.3 is 10.4 Å². The van der Waals surface area contributed by atoms with Crippen LogP contribution in [0.1, 0.15) is 60.4 Å². The summed E-state index contributed by atoms with van der Waals surface area (Å²) in [7, 11) is 0. The monoisotopic (exact) mass is 524 g/mol. The maximum Gasteiger partial charge on any atom is 0.303 e. The lowest BCUT2D eigenvalue weighted by molar-refractivity contribution is -0.137. The maximum absolute atomic E-state index is 13.7. The second kappa shape index (κ2) is 11.4. The SMILES string of the molecule is Cc1ncc(-c2ccc([C@H](C(=O)Nc3cccc(CCC(=O)O)c3C)C3CCCC3)cc2Cl)cc1Cl. The summed E-state index contributed by atoms with van der Waals surface area (Å²) in [6.45, 7) is 3.77. The van der Waals surface area contributed by atoms with E-state index in [1.165, 1.54) is 0 Å². The summed E-state index contributed by atoms with van der Waals surface area (Å²) >= 11 is 13.0. The van der Waals surface area contributed by atoms with E-state index in [1.807, 2.05) is 56.3 Å². The second-order valence-electron chi connectivity index (χ2n) is 9.53. The number of carbonyl (C=O) groups is 2. The van der Waals surface area contributed by atoms with Gasteiger partial charge in [0.1, 0.15) is 0 Å². The quantitative estimate of drug-likeness (QED) is 0.317. The zero-order chi connectivity index (χ0) is 25.8. The molecule has 1 aliphatic carbocycles. The standard InChI is InChI=1S/C29H30Cl2N2O3/c1-17-19(11-13-27(34)35)8-5-9-26(17)33-29(36)28(20-6-3-4-7-20)21-10-12-23(25(31)14-21)22-15-24(30)18(2)32-16-22/h5,8-10,12,14-16,20,28H,3-4,6-7,11,13H2,1-2H3,(H,33,36)(H,34,35)/t28-/m1/s1. The number of nitrogens with one attached hydrogen (secondary N) is 1. The molecule has 2 N–H and O–H groups in total. The van der Waals surface area contributed by atoms with E-state index < -0.39 is 5.97 Å². The topological polar surface area (TPSA) is 79.3 Å². The van der Waals surface area contributed by atoms with Crippen LogP contribution in [-0.2, 0) is 16.0 Å². The number of hydrogen-bond donors (Lipinski definition) is 2.